The zero-order chi connectivity index (χ0) is 24.3. The lowest BCUT2D eigenvalue weighted by molar-refractivity contribution is -0.147. The van der Waals surface area contributed by atoms with Crippen LogP contribution in [0.2, 0.25) is 0 Å². The lowest BCUT2D eigenvalue weighted by Gasteiger charge is -2.44. The standard InChI is InChI=1S/C25H37N3O4S/c1-23(2,3)15-24(4,5)28-12-8-10-25-18(21(31)27(13-14-29)19(25)22(28)32)17-16(33-25)9-7-11-26(6)20(17)30/h7-10,16-19,29H,11-15H2,1-6H3/t16-,17+,18-,19?,25-/m0/s1. The molecule has 0 bridgehead atoms. The smallest absolute Gasteiger partial charge is 0.247 e. The summed E-state index contributed by atoms with van der Waals surface area (Å²) < 4.78 is -0.816. The highest BCUT2D eigenvalue weighted by Gasteiger charge is 2.71. The Morgan fingerprint density at radius 2 is 1.76 bits per heavy atom. The second kappa shape index (κ2) is 8.15. The Hall–Kier alpha value is -1.80. The van der Waals surface area contributed by atoms with Gasteiger partial charge in [-0.15, -0.1) is 11.8 Å². The number of carbonyl (C=O) groups is 3. The predicted molar refractivity (Wildman–Crippen MR) is 129 cm³/mol. The number of rotatable bonds is 4. The molecular formula is C25H37N3O4S. The first-order valence-electron chi connectivity index (χ1n) is 11.8. The van der Waals surface area contributed by atoms with E-state index >= 15 is 0 Å². The van der Waals surface area contributed by atoms with Gasteiger partial charge in [0.2, 0.25) is 17.7 Å². The maximum Gasteiger partial charge on any atom is 0.247 e. The third-order valence-electron chi connectivity index (χ3n) is 7.39. The van der Waals surface area contributed by atoms with E-state index in [2.05, 4.69) is 34.6 Å². The molecule has 3 amide bonds. The largest absolute Gasteiger partial charge is 0.395 e. The van der Waals surface area contributed by atoms with Gasteiger partial charge in [0, 0.05) is 37.5 Å². The molecule has 182 valence electrons. The maximum atomic E-state index is 14.2. The number of likely N-dealkylation sites (N-methyl/N-ethyl adjacent to an activating group) is 1. The topological polar surface area (TPSA) is 81.2 Å². The van der Waals surface area contributed by atoms with E-state index in [0.717, 1.165) is 6.42 Å². The molecule has 7 nitrogen and oxygen atoms in total. The van der Waals surface area contributed by atoms with Gasteiger partial charge >= 0.3 is 0 Å². The number of hydrogen-bond donors (Lipinski definition) is 1. The second-order valence-electron chi connectivity index (χ2n) is 11.6. The van der Waals surface area contributed by atoms with Crippen molar-refractivity contribution in [1.29, 1.82) is 0 Å². The highest BCUT2D eigenvalue weighted by Crippen LogP contribution is 2.61. The number of thioether (sulfide) groups is 1. The Morgan fingerprint density at radius 1 is 1.06 bits per heavy atom. The van der Waals surface area contributed by atoms with Crippen LogP contribution in [0.5, 0.6) is 0 Å². The van der Waals surface area contributed by atoms with E-state index in [0.29, 0.717) is 13.1 Å². The number of amides is 3. The summed E-state index contributed by atoms with van der Waals surface area (Å²) >= 11 is 1.58. The Bertz CT molecular complexity index is 908. The molecule has 4 rings (SSSR count). The number of nitrogens with zero attached hydrogens (tertiary/aromatic N) is 3. The van der Waals surface area contributed by atoms with Crippen molar-refractivity contribution in [3.63, 3.8) is 0 Å². The number of fused-ring (bicyclic) bond motifs is 2. The first kappa shape index (κ1) is 24.3. The molecule has 0 radical (unpaired) electrons. The first-order valence-corrected chi connectivity index (χ1v) is 12.7. The van der Waals surface area contributed by atoms with E-state index in [1.54, 1.807) is 28.6 Å². The van der Waals surface area contributed by atoms with E-state index < -0.39 is 28.2 Å². The van der Waals surface area contributed by atoms with E-state index in [4.69, 9.17) is 0 Å². The van der Waals surface area contributed by atoms with E-state index in [9.17, 15) is 19.5 Å². The quantitative estimate of drug-likeness (QED) is 0.629. The van der Waals surface area contributed by atoms with Crippen molar-refractivity contribution < 1.29 is 19.5 Å². The number of aliphatic hydroxyl groups excluding tert-OH is 1. The van der Waals surface area contributed by atoms with Crippen LogP contribution in [0.1, 0.15) is 41.0 Å². The van der Waals surface area contributed by atoms with Gasteiger partial charge in [0.15, 0.2) is 0 Å². The first-order chi connectivity index (χ1) is 15.3. The lowest BCUT2D eigenvalue weighted by Crippen LogP contribution is -2.59. The molecule has 0 saturated carbocycles. The van der Waals surface area contributed by atoms with Gasteiger partial charge in [-0.2, -0.15) is 0 Å². The summed E-state index contributed by atoms with van der Waals surface area (Å²) in [5, 5.41) is 9.62. The highest BCUT2D eigenvalue weighted by atomic mass is 32.2. The third-order valence-corrected chi connectivity index (χ3v) is 9.14. The molecule has 33 heavy (non-hydrogen) atoms. The zero-order valence-corrected chi connectivity index (χ0v) is 21.4. The van der Waals surface area contributed by atoms with Gasteiger partial charge in [0.05, 0.1) is 23.2 Å². The Morgan fingerprint density at radius 3 is 2.39 bits per heavy atom. The second-order valence-corrected chi connectivity index (χ2v) is 13.1. The van der Waals surface area contributed by atoms with Crippen molar-refractivity contribution in [3.8, 4) is 0 Å². The van der Waals surface area contributed by atoms with Crippen LogP contribution < -0.4 is 0 Å². The number of aliphatic hydroxyl groups is 1. The minimum atomic E-state index is -0.816. The number of hydrogen-bond acceptors (Lipinski definition) is 5. The van der Waals surface area contributed by atoms with Gasteiger partial charge in [0.25, 0.3) is 0 Å². The normalized spacial score (nSPS) is 34.4. The van der Waals surface area contributed by atoms with Gasteiger partial charge in [-0.05, 0) is 25.7 Å². The summed E-state index contributed by atoms with van der Waals surface area (Å²) in [6, 6.07) is -0.733. The maximum absolute atomic E-state index is 14.2. The van der Waals surface area contributed by atoms with Crippen LogP contribution in [0.15, 0.2) is 24.3 Å². The van der Waals surface area contributed by atoms with Gasteiger partial charge in [0.1, 0.15) is 6.04 Å². The van der Waals surface area contributed by atoms with Crippen LogP contribution >= 0.6 is 11.8 Å². The van der Waals surface area contributed by atoms with Crippen molar-refractivity contribution in [2.45, 2.75) is 62.6 Å². The van der Waals surface area contributed by atoms with Crippen molar-refractivity contribution >= 4 is 29.5 Å². The number of carbonyl (C=O) groups excluding carboxylic acids is 3. The van der Waals surface area contributed by atoms with Crippen LogP contribution in [0.3, 0.4) is 0 Å². The van der Waals surface area contributed by atoms with Crippen molar-refractivity contribution in [1.82, 2.24) is 14.7 Å². The molecule has 1 N–H and O–H groups in total. The summed E-state index contributed by atoms with van der Waals surface area (Å²) in [6.07, 6.45) is 8.87. The third kappa shape index (κ3) is 3.83. The van der Waals surface area contributed by atoms with E-state index in [1.807, 2.05) is 29.2 Å². The molecule has 0 aromatic heterocycles. The van der Waals surface area contributed by atoms with Gasteiger partial charge < -0.3 is 19.8 Å². The Labute approximate surface area is 201 Å². The van der Waals surface area contributed by atoms with Gasteiger partial charge in [-0.1, -0.05) is 45.1 Å². The molecule has 4 aliphatic heterocycles. The minimum absolute atomic E-state index is 0.0212. The summed E-state index contributed by atoms with van der Waals surface area (Å²) in [6.45, 7) is 11.5. The van der Waals surface area contributed by atoms with Crippen LogP contribution in [-0.4, -0.2) is 92.4 Å². The fraction of sp³-hybridized carbons (Fsp3) is 0.720. The predicted octanol–water partition coefficient (Wildman–Crippen LogP) is 1.92. The monoisotopic (exact) mass is 475 g/mol. The minimum Gasteiger partial charge on any atom is -0.395 e. The SMILES string of the molecule is CN1CC=C[C@@H]2S[C@]34C=CCN(C(C)(C)CC(C)(C)C)C(=O)C3N(CCO)C(=O)[C@@H]4[C@@H]2C1=O. The molecule has 2 saturated heterocycles. The lowest BCUT2D eigenvalue weighted by atomic mass is 9.77. The molecule has 4 heterocycles. The van der Waals surface area contributed by atoms with Crippen LogP contribution in [0, 0.1) is 17.3 Å². The molecule has 8 heteroatoms. The summed E-state index contributed by atoms with van der Waals surface area (Å²) in [7, 11) is 1.76. The van der Waals surface area contributed by atoms with E-state index in [1.165, 1.54) is 0 Å². The Kier molecular flexibility index (Phi) is 6.01. The van der Waals surface area contributed by atoms with Crippen molar-refractivity contribution in [3.05, 3.63) is 24.3 Å². The molecule has 0 aromatic carbocycles. The molecule has 0 aliphatic carbocycles. The van der Waals surface area contributed by atoms with Gasteiger partial charge in [-0.3, -0.25) is 14.4 Å². The van der Waals surface area contributed by atoms with Crippen molar-refractivity contribution in [2.24, 2.45) is 17.3 Å². The molecule has 5 atom stereocenters. The molecule has 1 unspecified atom stereocenters. The highest BCUT2D eigenvalue weighted by molar-refractivity contribution is 8.02. The molecule has 4 aliphatic rings. The average Bonchev–Trinajstić information content (AvgIpc) is 3.00. The average molecular weight is 476 g/mol. The van der Waals surface area contributed by atoms with Crippen LogP contribution in [0.25, 0.3) is 0 Å². The fourth-order valence-electron chi connectivity index (χ4n) is 6.55. The van der Waals surface area contributed by atoms with Crippen LogP contribution in [-0.2, 0) is 14.4 Å². The number of β-amino-alcohol motifs (C(OH)–C–C–N with tert-alkyl or cyclic N) is 1. The van der Waals surface area contributed by atoms with E-state index in [-0.39, 0.29) is 41.5 Å². The summed E-state index contributed by atoms with van der Waals surface area (Å²) in [4.78, 5) is 46.5. The van der Waals surface area contributed by atoms with Gasteiger partial charge in [-0.25, -0.2) is 0 Å². The fourth-order valence-corrected chi connectivity index (χ4v) is 8.56. The Balaban J connectivity index is 1.80. The summed E-state index contributed by atoms with van der Waals surface area (Å²) in [5.74, 6) is -1.46. The van der Waals surface area contributed by atoms with Crippen LogP contribution in [0.4, 0.5) is 0 Å². The molecule has 2 fully saturated rings. The zero-order valence-electron chi connectivity index (χ0n) is 20.6. The molecule has 0 aromatic rings. The number of likely N-dealkylation sites (tertiary alicyclic amines) is 1. The van der Waals surface area contributed by atoms with Crippen molar-refractivity contribution in [2.75, 3.05) is 33.3 Å². The molecule has 1 spiro atoms. The summed E-state index contributed by atoms with van der Waals surface area (Å²) in [5.41, 5.74) is -0.395. The molecular weight excluding hydrogens is 438 g/mol.